The molecule has 0 spiro atoms. The molecule has 0 unspecified atom stereocenters. The Morgan fingerprint density at radius 1 is 1.23 bits per heavy atom. The molecule has 3 aromatic rings. The Balaban J connectivity index is 1.56. The summed E-state index contributed by atoms with van der Waals surface area (Å²) >= 11 is 2.91. The maximum Gasteiger partial charge on any atom is 0.263 e. The number of carbonyl (C=O) groups excluding carboxylic acids is 1. The van der Waals surface area contributed by atoms with Gasteiger partial charge >= 0.3 is 0 Å². The average molecular weight is 457 g/mol. The number of benzene rings is 1. The molecule has 6 nitrogen and oxygen atoms in total. The molecule has 1 N–H and O–H groups in total. The fraction of sp³-hybridized carbons (Fsp3) is 0.435. The average Bonchev–Trinajstić information content (AvgIpc) is 3.35. The molecule has 1 aromatic carbocycles. The van der Waals surface area contributed by atoms with Gasteiger partial charge in [0.2, 0.25) is 5.91 Å². The number of amides is 1. The molecule has 0 aliphatic heterocycles. The number of thiophene rings is 1. The minimum Gasteiger partial charge on any atom is -0.378 e. The highest BCUT2D eigenvalue weighted by Crippen LogP contribution is 2.34. The number of rotatable bonds is 6. The van der Waals surface area contributed by atoms with E-state index in [1.54, 1.807) is 11.3 Å². The normalized spacial score (nSPS) is 14.3. The summed E-state index contributed by atoms with van der Waals surface area (Å²) in [6.45, 7) is 4.03. The summed E-state index contributed by atoms with van der Waals surface area (Å²) in [5.41, 5.74) is 2.91. The standard InChI is InChI=1S/C23H28N4O2S2/c1-14-15(2)31-21-20(14)22(29)27(18-7-5-6-8-18)23(25-21)30-13-19(28)24-16-9-11-17(12-10-16)26(3)4/h9-12,18H,5-8,13H2,1-4H3,(H,24,28). The number of thioether (sulfide) groups is 1. The molecule has 1 saturated carbocycles. The van der Waals surface area contributed by atoms with Gasteiger partial charge in [-0.1, -0.05) is 24.6 Å². The second kappa shape index (κ2) is 9.04. The Bertz CT molecular complexity index is 1160. The number of aromatic nitrogens is 2. The summed E-state index contributed by atoms with van der Waals surface area (Å²) in [5.74, 6) is 0.108. The summed E-state index contributed by atoms with van der Waals surface area (Å²) in [4.78, 5) is 34.7. The molecule has 164 valence electrons. The van der Waals surface area contributed by atoms with Gasteiger partial charge in [0, 0.05) is 36.4 Å². The highest BCUT2D eigenvalue weighted by atomic mass is 32.2. The summed E-state index contributed by atoms with van der Waals surface area (Å²) < 4.78 is 1.86. The zero-order valence-electron chi connectivity index (χ0n) is 18.4. The minimum absolute atomic E-state index is 0.0425. The molecule has 2 heterocycles. The van der Waals surface area contributed by atoms with Gasteiger partial charge in [0.25, 0.3) is 5.56 Å². The molecule has 1 amide bonds. The fourth-order valence-electron chi connectivity index (χ4n) is 4.04. The van der Waals surface area contributed by atoms with Crippen LogP contribution in [-0.4, -0.2) is 35.3 Å². The molecule has 1 aliphatic carbocycles. The lowest BCUT2D eigenvalue weighted by Gasteiger charge is -2.18. The molecule has 31 heavy (non-hydrogen) atoms. The van der Waals surface area contributed by atoms with Crippen molar-refractivity contribution in [2.24, 2.45) is 0 Å². The van der Waals surface area contributed by atoms with Crippen molar-refractivity contribution in [1.29, 1.82) is 0 Å². The van der Waals surface area contributed by atoms with Crippen LogP contribution in [0.2, 0.25) is 0 Å². The number of hydrogen-bond donors (Lipinski definition) is 1. The molecule has 4 rings (SSSR count). The van der Waals surface area contributed by atoms with Crippen molar-refractivity contribution in [2.45, 2.75) is 50.7 Å². The maximum atomic E-state index is 13.4. The fourth-order valence-corrected chi connectivity index (χ4v) is 5.98. The van der Waals surface area contributed by atoms with Crippen LogP contribution in [0.15, 0.2) is 34.2 Å². The molecule has 1 aliphatic rings. The number of aryl methyl sites for hydroxylation is 2. The highest BCUT2D eigenvalue weighted by molar-refractivity contribution is 7.99. The third-order valence-electron chi connectivity index (χ3n) is 5.89. The predicted molar refractivity (Wildman–Crippen MR) is 131 cm³/mol. The molecular weight excluding hydrogens is 428 g/mol. The molecule has 8 heteroatoms. The summed E-state index contributed by atoms with van der Waals surface area (Å²) in [6.07, 6.45) is 4.25. The number of carbonyl (C=O) groups is 1. The van der Waals surface area contributed by atoms with Crippen LogP contribution >= 0.6 is 23.1 Å². The largest absolute Gasteiger partial charge is 0.378 e. The van der Waals surface area contributed by atoms with Crippen LogP contribution in [0.4, 0.5) is 11.4 Å². The van der Waals surface area contributed by atoms with Crippen LogP contribution in [0.3, 0.4) is 0 Å². The van der Waals surface area contributed by atoms with E-state index in [0.29, 0.717) is 5.16 Å². The first kappa shape index (κ1) is 21.9. The van der Waals surface area contributed by atoms with Crippen molar-refractivity contribution in [1.82, 2.24) is 9.55 Å². The van der Waals surface area contributed by atoms with E-state index in [2.05, 4.69) is 5.32 Å². The first-order valence-electron chi connectivity index (χ1n) is 10.6. The smallest absolute Gasteiger partial charge is 0.263 e. The quantitative estimate of drug-likeness (QED) is 0.418. The van der Waals surface area contributed by atoms with Crippen molar-refractivity contribution in [2.75, 3.05) is 30.1 Å². The van der Waals surface area contributed by atoms with Gasteiger partial charge in [-0.15, -0.1) is 11.3 Å². The van der Waals surface area contributed by atoms with Gasteiger partial charge in [-0.3, -0.25) is 14.2 Å². The molecular formula is C23H28N4O2S2. The van der Waals surface area contributed by atoms with Gasteiger partial charge in [0.1, 0.15) is 4.83 Å². The first-order chi connectivity index (χ1) is 14.8. The molecule has 0 bridgehead atoms. The summed E-state index contributed by atoms with van der Waals surface area (Å²) in [6, 6.07) is 7.91. The number of hydrogen-bond acceptors (Lipinski definition) is 6. The number of nitrogens with one attached hydrogen (secondary N) is 1. The minimum atomic E-state index is -0.103. The van der Waals surface area contributed by atoms with E-state index in [4.69, 9.17) is 4.98 Å². The van der Waals surface area contributed by atoms with E-state index in [0.717, 1.165) is 57.7 Å². The van der Waals surface area contributed by atoms with Crippen LogP contribution in [0.25, 0.3) is 10.2 Å². The third kappa shape index (κ3) is 4.50. The van der Waals surface area contributed by atoms with E-state index in [1.807, 2.05) is 61.7 Å². The van der Waals surface area contributed by atoms with Crippen molar-refractivity contribution in [3.05, 3.63) is 45.1 Å². The Labute approximate surface area is 190 Å². The predicted octanol–water partition coefficient (Wildman–Crippen LogP) is 4.99. The summed E-state index contributed by atoms with van der Waals surface area (Å²) in [5, 5.41) is 4.34. The lowest BCUT2D eigenvalue weighted by molar-refractivity contribution is -0.113. The van der Waals surface area contributed by atoms with Crippen LogP contribution < -0.4 is 15.8 Å². The second-order valence-corrected chi connectivity index (χ2v) is 10.4. The topological polar surface area (TPSA) is 67.2 Å². The van der Waals surface area contributed by atoms with Gasteiger partial charge in [0.15, 0.2) is 5.16 Å². The Hall–Kier alpha value is -2.32. The highest BCUT2D eigenvalue weighted by Gasteiger charge is 2.25. The van der Waals surface area contributed by atoms with E-state index < -0.39 is 0 Å². The Morgan fingerprint density at radius 3 is 2.55 bits per heavy atom. The lowest BCUT2D eigenvalue weighted by Crippen LogP contribution is -2.27. The molecule has 0 saturated heterocycles. The SMILES string of the molecule is Cc1sc2nc(SCC(=O)Nc3ccc(N(C)C)cc3)n(C3CCCC3)c(=O)c2c1C. The molecule has 0 atom stereocenters. The maximum absolute atomic E-state index is 13.4. The first-order valence-corrected chi connectivity index (χ1v) is 12.4. The van der Waals surface area contributed by atoms with Gasteiger partial charge in [-0.25, -0.2) is 4.98 Å². The van der Waals surface area contributed by atoms with Gasteiger partial charge < -0.3 is 10.2 Å². The van der Waals surface area contributed by atoms with Crippen LogP contribution in [-0.2, 0) is 4.79 Å². The number of fused-ring (bicyclic) bond motifs is 1. The molecule has 1 fully saturated rings. The Kier molecular flexibility index (Phi) is 6.39. The van der Waals surface area contributed by atoms with Crippen molar-refractivity contribution in [3.8, 4) is 0 Å². The van der Waals surface area contributed by atoms with Gasteiger partial charge in [-0.2, -0.15) is 0 Å². The summed E-state index contributed by atoms with van der Waals surface area (Å²) in [7, 11) is 3.96. The Morgan fingerprint density at radius 2 is 1.90 bits per heavy atom. The van der Waals surface area contributed by atoms with Gasteiger partial charge in [0.05, 0.1) is 11.1 Å². The molecule has 0 radical (unpaired) electrons. The van der Waals surface area contributed by atoms with Crippen LogP contribution in [0.1, 0.15) is 42.2 Å². The zero-order chi connectivity index (χ0) is 22.1. The van der Waals surface area contributed by atoms with E-state index in [-0.39, 0.29) is 23.3 Å². The van der Waals surface area contributed by atoms with E-state index in [9.17, 15) is 9.59 Å². The van der Waals surface area contributed by atoms with Crippen LogP contribution in [0, 0.1) is 13.8 Å². The van der Waals surface area contributed by atoms with Gasteiger partial charge in [-0.05, 0) is 56.5 Å². The second-order valence-electron chi connectivity index (χ2n) is 8.25. The number of anilines is 2. The lowest BCUT2D eigenvalue weighted by atomic mass is 10.2. The number of nitrogens with zero attached hydrogens (tertiary/aromatic N) is 3. The van der Waals surface area contributed by atoms with Crippen LogP contribution in [0.5, 0.6) is 0 Å². The zero-order valence-corrected chi connectivity index (χ0v) is 20.0. The monoisotopic (exact) mass is 456 g/mol. The third-order valence-corrected chi connectivity index (χ3v) is 7.95. The van der Waals surface area contributed by atoms with Crippen molar-refractivity contribution < 1.29 is 4.79 Å². The van der Waals surface area contributed by atoms with E-state index >= 15 is 0 Å². The molecule has 2 aromatic heterocycles. The van der Waals surface area contributed by atoms with Crippen molar-refractivity contribution >= 4 is 50.6 Å². The van der Waals surface area contributed by atoms with Crippen molar-refractivity contribution in [3.63, 3.8) is 0 Å². The van der Waals surface area contributed by atoms with E-state index in [1.165, 1.54) is 11.8 Å².